The van der Waals surface area contributed by atoms with Gasteiger partial charge in [-0.1, -0.05) is 55.7 Å². The molecule has 1 heterocycles. The van der Waals surface area contributed by atoms with Crippen molar-refractivity contribution in [3.63, 3.8) is 0 Å². The van der Waals surface area contributed by atoms with Crippen molar-refractivity contribution in [2.45, 2.75) is 58.2 Å². The summed E-state index contributed by atoms with van der Waals surface area (Å²) in [5, 5.41) is 5.06. The highest BCUT2D eigenvalue weighted by atomic mass is 32.1. The summed E-state index contributed by atoms with van der Waals surface area (Å²) >= 11 is 1.67. The normalized spacial score (nSPS) is 13.7. The Morgan fingerprint density at radius 3 is 2.47 bits per heavy atom. The Bertz CT molecular complexity index is 1140. The van der Waals surface area contributed by atoms with Gasteiger partial charge in [0.2, 0.25) is 5.91 Å². The molecule has 1 N–H and O–H groups in total. The number of urea groups is 1. The Balaban J connectivity index is 1.54. The van der Waals surface area contributed by atoms with E-state index in [4.69, 9.17) is 4.74 Å². The molecule has 36 heavy (non-hydrogen) atoms. The summed E-state index contributed by atoms with van der Waals surface area (Å²) in [6.45, 7) is 3.17. The predicted molar refractivity (Wildman–Crippen MR) is 145 cm³/mol. The summed E-state index contributed by atoms with van der Waals surface area (Å²) in [6.07, 6.45) is 5.16. The average molecular weight is 506 g/mol. The molecular formula is C29H35N3O3S. The van der Waals surface area contributed by atoms with Gasteiger partial charge in [-0.05, 0) is 54.5 Å². The maximum atomic E-state index is 13.8. The third-order valence-corrected chi connectivity index (χ3v) is 7.78. The number of carbonyl (C=O) groups is 2. The number of ether oxygens (including phenoxy) is 1. The van der Waals surface area contributed by atoms with Crippen LogP contribution in [-0.2, 0) is 17.9 Å². The lowest BCUT2D eigenvalue weighted by Gasteiger charge is -2.35. The largest absolute Gasteiger partial charge is 0.497 e. The molecule has 1 aliphatic carbocycles. The topological polar surface area (TPSA) is 61.9 Å². The Morgan fingerprint density at radius 2 is 1.78 bits per heavy atom. The third-order valence-electron chi connectivity index (χ3n) is 6.77. The zero-order valence-corrected chi connectivity index (χ0v) is 21.9. The quantitative estimate of drug-likeness (QED) is 0.363. The number of thiophene rings is 1. The van der Waals surface area contributed by atoms with Crippen LogP contribution >= 0.6 is 11.3 Å². The Labute approximate surface area is 217 Å². The van der Waals surface area contributed by atoms with Crippen LogP contribution in [0.25, 0.3) is 0 Å². The van der Waals surface area contributed by atoms with E-state index in [2.05, 4.69) is 23.7 Å². The molecule has 3 amide bonds. The number of aryl methyl sites for hydroxylation is 1. The first kappa shape index (κ1) is 25.8. The van der Waals surface area contributed by atoms with Crippen molar-refractivity contribution in [2.24, 2.45) is 0 Å². The lowest BCUT2D eigenvalue weighted by molar-refractivity contribution is -0.133. The zero-order chi connectivity index (χ0) is 25.3. The molecule has 6 nitrogen and oxygen atoms in total. The van der Waals surface area contributed by atoms with Crippen molar-refractivity contribution < 1.29 is 14.3 Å². The zero-order valence-electron chi connectivity index (χ0n) is 21.1. The molecule has 1 fully saturated rings. The van der Waals surface area contributed by atoms with Crippen molar-refractivity contribution in [1.82, 2.24) is 9.80 Å². The number of anilines is 1. The molecule has 0 atom stereocenters. The Kier molecular flexibility index (Phi) is 9.01. The number of amides is 3. The summed E-state index contributed by atoms with van der Waals surface area (Å²) in [6, 6.07) is 19.2. The van der Waals surface area contributed by atoms with Crippen LogP contribution in [0.4, 0.5) is 10.5 Å². The minimum atomic E-state index is -0.240. The van der Waals surface area contributed by atoms with Gasteiger partial charge in [0.25, 0.3) is 0 Å². The number of nitrogens with one attached hydrogen (secondary N) is 1. The van der Waals surface area contributed by atoms with Crippen LogP contribution in [0.15, 0.2) is 66.0 Å². The van der Waals surface area contributed by atoms with Gasteiger partial charge in [0.05, 0.1) is 13.7 Å². The molecule has 2 aromatic carbocycles. The van der Waals surface area contributed by atoms with Crippen LogP contribution in [0.1, 0.15) is 48.1 Å². The van der Waals surface area contributed by atoms with Gasteiger partial charge in [0.1, 0.15) is 12.3 Å². The maximum absolute atomic E-state index is 13.8. The lowest BCUT2D eigenvalue weighted by atomic mass is 9.94. The number of methoxy groups -OCH3 is 1. The van der Waals surface area contributed by atoms with E-state index in [0.29, 0.717) is 24.5 Å². The molecule has 0 saturated heterocycles. The van der Waals surface area contributed by atoms with Gasteiger partial charge >= 0.3 is 6.03 Å². The number of rotatable bonds is 9. The molecule has 1 aliphatic rings. The fourth-order valence-electron chi connectivity index (χ4n) is 4.68. The van der Waals surface area contributed by atoms with Crippen molar-refractivity contribution in [3.05, 3.63) is 82.0 Å². The highest BCUT2D eigenvalue weighted by Gasteiger charge is 2.29. The van der Waals surface area contributed by atoms with E-state index in [1.807, 2.05) is 53.4 Å². The fraction of sp³-hybridized carbons (Fsp3) is 0.379. The fourth-order valence-corrected chi connectivity index (χ4v) is 5.60. The smallest absolute Gasteiger partial charge is 0.322 e. The van der Waals surface area contributed by atoms with Crippen LogP contribution in [0, 0.1) is 6.92 Å². The van der Waals surface area contributed by atoms with Gasteiger partial charge in [-0.15, -0.1) is 11.3 Å². The molecule has 190 valence electrons. The standard InChI is InChI=1S/C29H35N3O3S/c1-22-16-17-36-27(22)20-31(19-23-10-5-3-6-11-23)28(33)21-32(25-13-7-4-8-14-25)29(34)30-24-12-9-15-26(18-24)35-2/h3,5-6,9-12,15-18,25H,4,7-8,13-14,19-21H2,1-2H3,(H,30,34). The first-order chi connectivity index (χ1) is 17.5. The number of nitrogens with zero attached hydrogens (tertiary/aromatic N) is 2. The molecule has 0 radical (unpaired) electrons. The Morgan fingerprint density at radius 1 is 1.00 bits per heavy atom. The molecular weight excluding hydrogens is 470 g/mol. The van der Waals surface area contributed by atoms with Gasteiger partial charge in [-0.3, -0.25) is 4.79 Å². The summed E-state index contributed by atoms with van der Waals surface area (Å²) in [5.41, 5.74) is 2.92. The van der Waals surface area contributed by atoms with E-state index in [1.165, 1.54) is 16.9 Å². The van der Waals surface area contributed by atoms with E-state index in [9.17, 15) is 9.59 Å². The predicted octanol–water partition coefficient (Wildman–Crippen LogP) is 6.46. The molecule has 0 spiro atoms. The summed E-state index contributed by atoms with van der Waals surface area (Å²) < 4.78 is 5.30. The molecule has 1 aromatic heterocycles. The van der Waals surface area contributed by atoms with Gasteiger partial charge < -0.3 is 19.9 Å². The van der Waals surface area contributed by atoms with E-state index in [-0.39, 0.29) is 24.5 Å². The number of hydrogen-bond donors (Lipinski definition) is 1. The number of benzene rings is 2. The maximum Gasteiger partial charge on any atom is 0.322 e. The summed E-state index contributed by atoms with van der Waals surface area (Å²) in [7, 11) is 1.60. The second kappa shape index (κ2) is 12.6. The highest BCUT2D eigenvalue weighted by molar-refractivity contribution is 7.10. The summed E-state index contributed by atoms with van der Waals surface area (Å²) in [4.78, 5) is 32.1. The van der Waals surface area contributed by atoms with Crippen LogP contribution < -0.4 is 10.1 Å². The molecule has 4 rings (SSSR count). The second-order valence-corrected chi connectivity index (χ2v) is 10.3. The van der Waals surface area contributed by atoms with Crippen LogP contribution in [-0.4, -0.2) is 41.4 Å². The van der Waals surface area contributed by atoms with E-state index in [1.54, 1.807) is 29.4 Å². The van der Waals surface area contributed by atoms with Gasteiger partial charge in [0.15, 0.2) is 0 Å². The van der Waals surface area contributed by atoms with Crippen molar-refractivity contribution in [2.75, 3.05) is 19.0 Å². The van der Waals surface area contributed by atoms with Gasteiger partial charge in [0, 0.05) is 29.2 Å². The van der Waals surface area contributed by atoms with E-state index >= 15 is 0 Å². The minimum Gasteiger partial charge on any atom is -0.497 e. The average Bonchev–Trinajstić information content (AvgIpc) is 3.32. The first-order valence-electron chi connectivity index (χ1n) is 12.6. The number of hydrogen-bond acceptors (Lipinski definition) is 4. The monoisotopic (exact) mass is 505 g/mol. The molecule has 3 aromatic rings. The molecule has 0 unspecified atom stereocenters. The van der Waals surface area contributed by atoms with Crippen molar-refractivity contribution in [1.29, 1.82) is 0 Å². The summed E-state index contributed by atoms with van der Waals surface area (Å²) in [5.74, 6) is 0.631. The van der Waals surface area contributed by atoms with Gasteiger partial charge in [-0.25, -0.2) is 4.79 Å². The van der Waals surface area contributed by atoms with Crippen molar-refractivity contribution >= 4 is 29.0 Å². The van der Waals surface area contributed by atoms with Crippen LogP contribution in [0.3, 0.4) is 0 Å². The third kappa shape index (κ3) is 6.88. The van der Waals surface area contributed by atoms with Crippen LogP contribution in [0.5, 0.6) is 5.75 Å². The molecule has 0 aliphatic heterocycles. The van der Waals surface area contributed by atoms with E-state index < -0.39 is 0 Å². The Hall–Kier alpha value is -3.32. The van der Waals surface area contributed by atoms with Gasteiger partial charge in [-0.2, -0.15) is 0 Å². The SMILES string of the molecule is COc1cccc(NC(=O)N(CC(=O)N(Cc2ccccc2)Cc2sccc2C)C2CCCCC2)c1. The second-order valence-electron chi connectivity index (χ2n) is 9.34. The first-order valence-corrected chi connectivity index (χ1v) is 13.5. The lowest BCUT2D eigenvalue weighted by Crippen LogP contribution is -2.49. The minimum absolute atomic E-state index is 0.0435. The molecule has 7 heteroatoms. The highest BCUT2D eigenvalue weighted by Crippen LogP contribution is 2.25. The number of carbonyl (C=O) groups excluding carboxylic acids is 2. The van der Waals surface area contributed by atoms with E-state index in [0.717, 1.165) is 31.2 Å². The van der Waals surface area contributed by atoms with Crippen molar-refractivity contribution in [3.8, 4) is 5.75 Å². The molecule has 1 saturated carbocycles. The molecule has 0 bridgehead atoms. The van der Waals surface area contributed by atoms with Crippen LogP contribution in [0.2, 0.25) is 0 Å².